The van der Waals surface area contributed by atoms with E-state index in [1.54, 1.807) is 0 Å². The molecule has 0 aliphatic carbocycles. The third-order valence-corrected chi connectivity index (χ3v) is 5.59. The summed E-state index contributed by atoms with van der Waals surface area (Å²) in [5.41, 5.74) is 5.36. The van der Waals surface area contributed by atoms with Crippen molar-refractivity contribution in [1.82, 2.24) is 0 Å². The lowest BCUT2D eigenvalue weighted by Crippen LogP contribution is -1.80. The molecule has 0 aliphatic rings. The van der Waals surface area contributed by atoms with E-state index in [9.17, 15) is 0 Å². The fourth-order valence-electron chi connectivity index (χ4n) is 1.54. The molecular formula is C23H29ClSi. The van der Waals surface area contributed by atoms with Crippen molar-refractivity contribution >= 4 is 44.2 Å². The summed E-state index contributed by atoms with van der Waals surface area (Å²) in [6.45, 7) is 18.9. The Morgan fingerprint density at radius 2 is 0.800 bits per heavy atom. The molecule has 0 N–H and O–H groups in total. The summed E-state index contributed by atoms with van der Waals surface area (Å²) in [4.78, 5) is 0. The van der Waals surface area contributed by atoms with Crippen LogP contribution in [0.4, 0.5) is 0 Å². The van der Waals surface area contributed by atoms with Gasteiger partial charge in [0, 0.05) is 0 Å². The molecule has 0 amide bonds. The number of halogens is 1. The number of benzene rings is 2. The smallest absolute Gasteiger partial charge is 0.127 e. The zero-order valence-corrected chi connectivity index (χ0v) is 17.6. The van der Waals surface area contributed by atoms with Gasteiger partial charge in [0.15, 0.2) is 0 Å². The second kappa shape index (κ2) is 14.3. The first kappa shape index (κ1) is 22.9. The van der Waals surface area contributed by atoms with Gasteiger partial charge in [-0.1, -0.05) is 113 Å². The molecule has 132 valence electrons. The van der Waals surface area contributed by atoms with Crippen LogP contribution in [0.5, 0.6) is 0 Å². The molecular weight excluding hydrogens is 340 g/mol. The van der Waals surface area contributed by atoms with Crippen LogP contribution in [0.15, 0.2) is 74.8 Å². The molecule has 0 radical (unpaired) electrons. The Balaban J connectivity index is 0.000000368. The van der Waals surface area contributed by atoms with E-state index in [1.165, 1.54) is 0 Å². The molecule has 2 rings (SSSR count). The summed E-state index contributed by atoms with van der Waals surface area (Å²) in [5, 5.41) is 0. The van der Waals surface area contributed by atoms with Gasteiger partial charge in [-0.2, -0.15) is 11.1 Å². The highest BCUT2D eigenvalue weighted by Crippen LogP contribution is 2.06. The van der Waals surface area contributed by atoms with Crippen LogP contribution in [0.25, 0.3) is 24.3 Å². The van der Waals surface area contributed by atoms with Crippen LogP contribution in [0.1, 0.15) is 36.1 Å². The second-order valence-electron chi connectivity index (χ2n) is 5.70. The van der Waals surface area contributed by atoms with Gasteiger partial charge in [0.1, 0.15) is 8.83 Å². The highest BCUT2D eigenvalue weighted by molar-refractivity contribution is 6.94. The molecule has 0 atom stereocenters. The quantitative estimate of drug-likeness (QED) is 0.390. The summed E-state index contributed by atoms with van der Waals surface area (Å²) >= 11 is 5.48. The van der Waals surface area contributed by atoms with Gasteiger partial charge in [0.05, 0.1) is 0 Å². The van der Waals surface area contributed by atoms with Crippen molar-refractivity contribution in [2.24, 2.45) is 0 Å². The Morgan fingerprint density at radius 1 is 0.640 bits per heavy atom. The van der Waals surface area contributed by atoms with Crippen LogP contribution >= 0.6 is 11.1 Å². The molecule has 0 aromatic heterocycles. The molecule has 0 nitrogen and oxygen atoms in total. The highest BCUT2D eigenvalue weighted by Gasteiger charge is 1.85. The maximum Gasteiger partial charge on any atom is 0.127 e. The number of rotatable bonds is 5. The molecule has 25 heavy (non-hydrogen) atoms. The van der Waals surface area contributed by atoms with Crippen molar-refractivity contribution in [1.29, 1.82) is 0 Å². The summed E-state index contributed by atoms with van der Waals surface area (Å²) in [6.07, 6.45) is 7.31. The van der Waals surface area contributed by atoms with E-state index in [1.807, 2.05) is 72.8 Å². The molecule has 0 saturated heterocycles. The third kappa shape index (κ3) is 11.1. The maximum atomic E-state index is 5.48. The Labute approximate surface area is 160 Å². The lowest BCUT2D eigenvalue weighted by Gasteiger charge is -1.92. The van der Waals surface area contributed by atoms with Gasteiger partial charge in [0.2, 0.25) is 0 Å². The van der Waals surface area contributed by atoms with E-state index in [-0.39, 0.29) is 8.83 Å². The van der Waals surface area contributed by atoms with Crippen LogP contribution < -0.4 is 0 Å². The van der Waals surface area contributed by atoms with Crippen LogP contribution in [-0.4, -0.2) is 8.83 Å². The third-order valence-electron chi connectivity index (χ3n) is 3.12. The average Bonchev–Trinajstić information content (AvgIpc) is 2.69. The SMILES string of the molecule is C=Cc1ccc(C=C)cc1.C=Cc1ccc(C=C)cc1.CC(C)[SiH2]Cl. The Bertz CT molecular complexity index is 527. The Hall–Kier alpha value is -2.09. The molecule has 2 aromatic carbocycles. The largest absolute Gasteiger partial charge is 0.176 e. The fraction of sp³-hybridized carbons (Fsp3) is 0.130. The first-order chi connectivity index (χ1) is 12.0. The minimum Gasteiger partial charge on any atom is -0.176 e. The Kier molecular flexibility index (Phi) is 13.1. The van der Waals surface area contributed by atoms with Crippen LogP contribution in [0.2, 0.25) is 5.54 Å². The molecule has 2 heteroatoms. The van der Waals surface area contributed by atoms with Gasteiger partial charge < -0.3 is 0 Å². The van der Waals surface area contributed by atoms with Gasteiger partial charge in [-0.3, -0.25) is 0 Å². The molecule has 0 saturated carbocycles. The summed E-state index contributed by atoms with van der Waals surface area (Å²) in [6, 6.07) is 16.1. The standard InChI is InChI=1S/2C10H10.C3H9ClSi/c2*1-3-9-5-7-10(4-2)8-6-9;1-3(2)5-4/h2*3-8H,1-2H2;3H,5H2,1-2H3. The van der Waals surface area contributed by atoms with E-state index in [4.69, 9.17) is 11.1 Å². The lowest BCUT2D eigenvalue weighted by molar-refractivity contribution is 1.07. The normalized spacial score (nSPS) is 9.44. The van der Waals surface area contributed by atoms with Crippen LogP contribution in [0.3, 0.4) is 0 Å². The van der Waals surface area contributed by atoms with Crippen LogP contribution in [-0.2, 0) is 0 Å². The molecule has 0 spiro atoms. The summed E-state index contributed by atoms with van der Waals surface area (Å²) in [5.74, 6) is 0. The van der Waals surface area contributed by atoms with E-state index in [0.717, 1.165) is 27.8 Å². The molecule has 0 unspecified atom stereocenters. The van der Waals surface area contributed by atoms with E-state index in [2.05, 4.69) is 40.2 Å². The van der Waals surface area contributed by atoms with Crippen molar-refractivity contribution in [3.05, 3.63) is 97.1 Å². The zero-order chi connectivity index (χ0) is 19.1. The molecule has 0 fully saturated rings. The highest BCUT2D eigenvalue weighted by atomic mass is 35.6. The van der Waals surface area contributed by atoms with E-state index < -0.39 is 0 Å². The van der Waals surface area contributed by atoms with Gasteiger partial charge in [0.25, 0.3) is 0 Å². The predicted molar refractivity (Wildman–Crippen MR) is 123 cm³/mol. The minimum absolute atomic E-state index is 0.179. The van der Waals surface area contributed by atoms with Crippen molar-refractivity contribution < 1.29 is 0 Å². The first-order valence-electron chi connectivity index (χ1n) is 8.26. The molecule has 0 heterocycles. The predicted octanol–water partition coefficient (Wildman–Crippen LogP) is 7.08. The molecule has 0 bridgehead atoms. The molecule has 0 aliphatic heterocycles. The number of hydrogen-bond donors (Lipinski definition) is 0. The van der Waals surface area contributed by atoms with Crippen molar-refractivity contribution in [2.75, 3.05) is 0 Å². The Morgan fingerprint density at radius 3 is 0.880 bits per heavy atom. The van der Waals surface area contributed by atoms with Gasteiger partial charge in [-0.25, -0.2) is 0 Å². The van der Waals surface area contributed by atoms with Gasteiger partial charge in [-0.15, -0.1) is 0 Å². The van der Waals surface area contributed by atoms with E-state index in [0.29, 0.717) is 0 Å². The topological polar surface area (TPSA) is 0 Å². The average molecular weight is 369 g/mol. The van der Waals surface area contributed by atoms with Crippen LogP contribution in [0, 0.1) is 0 Å². The first-order valence-corrected chi connectivity index (χ1v) is 11.2. The minimum atomic E-state index is -0.179. The number of hydrogen-bond acceptors (Lipinski definition) is 0. The van der Waals surface area contributed by atoms with E-state index >= 15 is 0 Å². The molecule has 2 aromatic rings. The fourth-order valence-corrected chi connectivity index (χ4v) is 1.54. The maximum absolute atomic E-state index is 5.48. The van der Waals surface area contributed by atoms with Crippen molar-refractivity contribution in [2.45, 2.75) is 19.4 Å². The lowest BCUT2D eigenvalue weighted by atomic mass is 10.1. The van der Waals surface area contributed by atoms with Gasteiger partial charge in [-0.05, 0) is 27.8 Å². The van der Waals surface area contributed by atoms with Crippen molar-refractivity contribution in [3.8, 4) is 0 Å². The monoisotopic (exact) mass is 368 g/mol. The summed E-state index contributed by atoms with van der Waals surface area (Å²) < 4.78 is 0. The zero-order valence-electron chi connectivity index (χ0n) is 15.4. The summed E-state index contributed by atoms with van der Waals surface area (Å²) in [7, 11) is -0.179. The second-order valence-corrected chi connectivity index (χ2v) is 8.57. The van der Waals surface area contributed by atoms with Gasteiger partial charge >= 0.3 is 0 Å². The van der Waals surface area contributed by atoms with Crippen molar-refractivity contribution in [3.63, 3.8) is 0 Å².